The van der Waals surface area contributed by atoms with Gasteiger partial charge in [0.05, 0.1) is 41.5 Å². The maximum absolute atomic E-state index is 11.7. The molecule has 0 spiro atoms. The Balaban J connectivity index is 1.43. The van der Waals surface area contributed by atoms with Gasteiger partial charge in [0.15, 0.2) is 0 Å². The highest BCUT2D eigenvalue weighted by Gasteiger charge is 2.27. The number of nitriles is 1. The molecule has 16 heteroatoms. The van der Waals surface area contributed by atoms with Gasteiger partial charge < -0.3 is 40.5 Å². The number of amides is 1. The molecule has 3 rings (SSSR count). The van der Waals surface area contributed by atoms with Crippen LogP contribution in [0.1, 0.15) is 98.5 Å². The summed E-state index contributed by atoms with van der Waals surface area (Å²) >= 11 is 0. The molecular formula is C38H55N7O9. The van der Waals surface area contributed by atoms with Gasteiger partial charge in [-0.15, -0.1) is 0 Å². The molecule has 0 aliphatic heterocycles. The van der Waals surface area contributed by atoms with Gasteiger partial charge in [0, 0.05) is 48.6 Å². The van der Waals surface area contributed by atoms with Crippen molar-refractivity contribution in [1.29, 1.82) is 5.26 Å². The molecule has 0 aliphatic carbocycles. The number of carbonyl (C=O) groups is 1. The van der Waals surface area contributed by atoms with Gasteiger partial charge >= 0.3 is 6.09 Å². The average molecular weight is 754 g/mol. The van der Waals surface area contributed by atoms with Crippen LogP contribution in [0.2, 0.25) is 0 Å². The summed E-state index contributed by atoms with van der Waals surface area (Å²) in [6, 6.07) is 11.5. The first-order valence-electron chi connectivity index (χ1n) is 18.2. The Hall–Kier alpha value is -4.82. The molecule has 4 unspecified atom stereocenters. The first-order chi connectivity index (χ1) is 25.4. The molecule has 4 atom stereocenters. The molecule has 0 fully saturated rings. The van der Waals surface area contributed by atoms with Crippen LogP contribution in [-0.2, 0) is 10.3 Å². The van der Waals surface area contributed by atoms with Crippen LogP contribution < -0.4 is 15.4 Å². The predicted molar refractivity (Wildman–Crippen MR) is 202 cm³/mol. The van der Waals surface area contributed by atoms with Gasteiger partial charge in [0.1, 0.15) is 28.7 Å². The molecule has 1 aromatic carbocycles. The van der Waals surface area contributed by atoms with Crippen molar-refractivity contribution in [3.8, 4) is 23.2 Å². The van der Waals surface area contributed by atoms with Crippen LogP contribution in [0.3, 0.4) is 0 Å². The van der Waals surface area contributed by atoms with Crippen molar-refractivity contribution in [2.24, 2.45) is 0 Å². The van der Waals surface area contributed by atoms with Crippen LogP contribution in [0.15, 0.2) is 42.6 Å². The summed E-state index contributed by atoms with van der Waals surface area (Å²) in [6.07, 6.45) is 0.896. The molecule has 0 aliphatic rings. The zero-order valence-electron chi connectivity index (χ0n) is 32.0. The fourth-order valence-electron chi connectivity index (χ4n) is 5.46. The molecule has 2 heterocycles. The largest absolute Gasteiger partial charge is 0.478 e. The standard InChI is InChI=1S/C38H55N7O9/c1-37(2,3)44-35(32(24-39)34(43-44)25-7-9-27(10-8-25)45(51)52)42-26-17-20-40-33(23-26)53-22-19-31(49)16-14-29(47)12-11-28(46)13-15-30(48)18-21-41-36(50)54-38(4,5)6/h7-10,17,20,23,28-31,46-49H,11-16,18-19,21-22H2,1-6H3,(H,40,42)(H,41,50). The van der Waals surface area contributed by atoms with Gasteiger partial charge in [0.2, 0.25) is 5.88 Å². The molecule has 54 heavy (non-hydrogen) atoms. The van der Waals surface area contributed by atoms with Crippen LogP contribution in [0.5, 0.6) is 5.88 Å². The van der Waals surface area contributed by atoms with E-state index in [-0.39, 0.29) is 24.4 Å². The zero-order chi connectivity index (χ0) is 40.1. The topological polar surface area (TPSA) is 238 Å². The molecule has 2 aromatic heterocycles. The highest BCUT2D eigenvalue weighted by molar-refractivity contribution is 5.77. The number of aliphatic hydroxyl groups excluding tert-OH is 4. The van der Waals surface area contributed by atoms with Crippen molar-refractivity contribution >= 4 is 23.3 Å². The minimum atomic E-state index is -0.729. The van der Waals surface area contributed by atoms with Crippen molar-refractivity contribution in [3.63, 3.8) is 0 Å². The smallest absolute Gasteiger partial charge is 0.407 e. The van der Waals surface area contributed by atoms with E-state index in [0.717, 1.165) is 0 Å². The molecule has 6 N–H and O–H groups in total. The van der Waals surface area contributed by atoms with Gasteiger partial charge in [0.25, 0.3) is 5.69 Å². The van der Waals surface area contributed by atoms with Gasteiger partial charge in [-0.2, -0.15) is 10.4 Å². The maximum atomic E-state index is 11.7. The van der Waals surface area contributed by atoms with Crippen molar-refractivity contribution < 1.29 is 39.6 Å². The number of aromatic nitrogens is 3. The minimum Gasteiger partial charge on any atom is -0.478 e. The highest BCUT2D eigenvalue weighted by Crippen LogP contribution is 2.35. The van der Waals surface area contributed by atoms with Crippen molar-refractivity contribution in [2.45, 2.75) is 128 Å². The van der Waals surface area contributed by atoms with Crippen molar-refractivity contribution in [1.82, 2.24) is 20.1 Å². The Kier molecular flexibility index (Phi) is 16.2. The molecule has 3 aromatic rings. The minimum absolute atomic E-state index is 0.0675. The monoisotopic (exact) mass is 753 g/mol. The lowest BCUT2D eigenvalue weighted by Gasteiger charge is -2.23. The van der Waals surface area contributed by atoms with Crippen molar-refractivity contribution in [2.75, 3.05) is 18.5 Å². The van der Waals surface area contributed by atoms with E-state index in [1.54, 1.807) is 55.9 Å². The van der Waals surface area contributed by atoms with Crippen LogP contribution in [0.4, 0.5) is 22.0 Å². The number of anilines is 2. The number of benzene rings is 1. The Morgan fingerprint density at radius 3 is 1.98 bits per heavy atom. The number of non-ortho nitro benzene ring substituents is 1. The van der Waals surface area contributed by atoms with Crippen molar-refractivity contribution in [3.05, 3.63) is 58.3 Å². The second-order valence-corrected chi connectivity index (χ2v) is 15.3. The van der Waals surface area contributed by atoms with E-state index in [1.807, 2.05) is 20.8 Å². The first kappa shape index (κ1) is 43.6. The molecule has 296 valence electrons. The van der Waals surface area contributed by atoms with Crippen LogP contribution >= 0.6 is 0 Å². The molecular weight excluding hydrogens is 698 g/mol. The van der Waals surface area contributed by atoms with E-state index in [4.69, 9.17) is 14.6 Å². The van der Waals surface area contributed by atoms with Gasteiger partial charge in [-0.1, -0.05) is 0 Å². The number of hydrogen-bond acceptors (Lipinski definition) is 13. The molecule has 1 amide bonds. The lowest BCUT2D eigenvalue weighted by atomic mass is 9.99. The average Bonchev–Trinajstić information content (AvgIpc) is 3.47. The Morgan fingerprint density at radius 1 is 0.907 bits per heavy atom. The Morgan fingerprint density at radius 2 is 1.46 bits per heavy atom. The summed E-state index contributed by atoms with van der Waals surface area (Å²) in [5.41, 5.74) is 0.574. The van der Waals surface area contributed by atoms with Gasteiger partial charge in [-0.25, -0.2) is 14.5 Å². The first-order valence-corrected chi connectivity index (χ1v) is 18.2. The van der Waals surface area contributed by atoms with Crippen LogP contribution in [0.25, 0.3) is 11.3 Å². The normalized spacial score (nSPS) is 14.0. The van der Waals surface area contributed by atoms with Crippen LogP contribution in [-0.4, -0.2) is 89.4 Å². The number of ether oxygens (including phenoxy) is 2. The molecule has 16 nitrogen and oxygen atoms in total. The van der Waals surface area contributed by atoms with E-state index < -0.39 is 46.6 Å². The number of alkyl carbamates (subject to hydrolysis) is 1. The predicted octanol–water partition coefficient (Wildman–Crippen LogP) is 5.69. The third-order valence-corrected chi connectivity index (χ3v) is 8.33. The highest BCUT2D eigenvalue weighted by atomic mass is 16.6. The van der Waals surface area contributed by atoms with E-state index in [1.165, 1.54) is 12.1 Å². The van der Waals surface area contributed by atoms with E-state index in [0.29, 0.717) is 80.0 Å². The molecule has 0 saturated heterocycles. The lowest BCUT2D eigenvalue weighted by molar-refractivity contribution is -0.384. The lowest BCUT2D eigenvalue weighted by Crippen LogP contribution is -2.34. The number of carbonyl (C=O) groups excluding carboxylic acids is 1. The summed E-state index contributed by atoms with van der Waals surface area (Å²) < 4.78 is 12.7. The number of rotatable bonds is 20. The summed E-state index contributed by atoms with van der Waals surface area (Å²) in [5, 5.41) is 73.2. The van der Waals surface area contributed by atoms with Gasteiger partial charge in [-0.05, 0) is 105 Å². The fourth-order valence-corrected chi connectivity index (χ4v) is 5.46. The second-order valence-electron chi connectivity index (χ2n) is 15.3. The summed E-state index contributed by atoms with van der Waals surface area (Å²) in [6.45, 7) is 11.5. The van der Waals surface area contributed by atoms with Crippen LogP contribution in [0, 0.1) is 21.4 Å². The number of nitrogens with one attached hydrogen (secondary N) is 2. The summed E-state index contributed by atoms with van der Waals surface area (Å²) in [5.74, 6) is 0.723. The number of pyridine rings is 1. The third kappa shape index (κ3) is 14.5. The number of nitro groups is 1. The summed E-state index contributed by atoms with van der Waals surface area (Å²) in [4.78, 5) is 26.6. The number of aliphatic hydroxyl groups is 4. The third-order valence-electron chi connectivity index (χ3n) is 8.33. The van der Waals surface area contributed by atoms with Gasteiger partial charge in [-0.3, -0.25) is 10.1 Å². The quantitative estimate of drug-likeness (QED) is 0.0601. The Bertz CT molecular complexity index is 1690. The van der Waals surface area contributed by atoms with E-state index >= 15 is 0 Å². The number of nitrogens with zero attached hydrogens (tertiary/aromatic N) is 5. The Labute approximate surface area is 316 Å². The van der Waals surface area contributed by atoms with E-state index in [2.05, 4.69) is 21.7 Å². The fraction of sp³-hybridized carbons (Fsp3) is 0.579. The summed E-state index contributed by atoms with van der Waals surface area (Å²) in [7, 11) is 0. The number of hydrogen-bond donors (Lipinski definition) is 6. The SMILES string of the molecule is CC(C)(C)OC(=O)NCCC(O)CCC(O)CCC(O)CCC(O)CCOc1cc(Nc2c(C#N)c(-c3ccc([N+](=O)[O-])cc3)nn2C(C)(C)C)ccn1. The number of nitro benzene ring substituents is 1. The maximum Gasteiger partial charge on any atom is 0.407 e. The molecule has 0 bridgehead atoms. The molecule has 0 radical (unpaired) electrons. The second kappa shape index (κ2) is 20.0. The zero-order valence-corrected chi connectivity index (χ0v) is 32.0. The molecule has 0 saturated carbocycles. The van der Waals surface area contributed by atoms with E-state index in [9.17, 15) is 40.6 Å².